The number of rotatable bonds is 2. The van der Waals surface area contributed by atoms with E-state index in [9.17, 15) is 9.90 Å². The van der Waals surface area contributed by atoms with Crippen LogP contribution >= 0.6 is 0 Å². The zero-order valence-corrected chi connectivity index (χ0v) is 12.9. The van der Waals surface area contributed by atoms with E-state index >= 15 is 0 Å². The second-order valence-corrected chi connectivity index (χ2v) is 5.77. The Labute approximate surface area is 130 Å². The molecule has 0 bridgehead atoms. The van der Waals surface area contributed by atoms with Crippen molar-refractivity contribution in [3.63, 3.8) is 0 Å². The Kier molecular flexibility index (Phi) is 3.75. The van der Waals surface area contributed by atoms with Gasteiger partial charge in [0.05, 0.1) is 17.4 Å². The first-order chi connectivity index (χ1) is 10.6. The van der Waals surface area contributed by atoms with Gasteiger partial charge in [-0.1, -0.05) is 24.3 Å². The first-order valence-corrected chi connectivity index (χ1v) is 7.48. The van der Waals surface area contributed by atoms with E-state index in [1.807, 2.05) is 35.2 Å². The Balaban J connectivity index is 1.94. The molecule has 22 heavy (non-hydrogen) atoms. The average Bonchev–Trinajstić information content (AvgIpc) is 2.49. The number of anilines is 2. The molecule has 3 rings (SSSR count). The summed E-state index contributed by atoms with van der Waals surface area (Å²) in [6.07, 6.45) is 0. The number of phenolic OH excluding ortho intramolecular Hbond substituents is 1. The van der Waals surface area contributed by atoms with Gasteiger partial charge in [-0.25, -0.2) is 0 Å². The summed E-state index contributed by atoms with van der Waals surface area (Å²) in [5.41, 5.74) is 3.17. The molecule has 0 saturated heterocycles. The van der Waals surface area contributed by atoms with Crippen molar-refractivity contribution in [2.75, 3.05) is 16.3 Å². The summed E-state index contributed by atoms with van der Waals surface area (Å²) in [7, 11) is 0. The summed E-state index contributed by atoms with van der Waals surface area (Å²) < 4.78 is 0. The van der Waals surface area contributed by atoms with Gasteiger partial charge in [-0.2, -0.15) is 0 Å². The van der Waals surface area contributed by atoms with Crippen molar-refractivity contribution in [3.05, 3.63) is 54.1 Å². The number of amides is 1. The summed E-state index contributed by atoms with van der Waals surface area (Å²) in [5.74, 6) is 0.350. The third-order valence-corrected chi connectivity index (χ3v) is 4.06. The number of hydrogen-bond donors (Lipinski definition) is 1. The zero-order chi connectivity index (χ0) is 15.7. The van der Waals surface area contributed by atoms with Gasteiger partial charge < -0.3 is 14.9 Å². The van der Waals surface area contributed by atoms with E-state index in [-0.39, 0.29) is 17.7 Å². The van der Waals surface area contributed by atoms with Crippen LogP contribution in [0.25, 0.3) is 0 Å². The van der Waals surface area contributed by atoms with Gasteiger partial charge in [0, 0.05) is 20.0 Å². The lowest BCUT2D eigenvalue weighted by atomic mass is 10.1. The van der Waals surface area contributed by atoms with Crippen LogP contribution in [0, 0.1) is 0 Å². The fourth-order valence-electron chi connectivity index (χ4n) is 3.12. The van der Waals surface area contributed by atoms with Crippen molar-refractivity contribution in [2.45, 2.75) is 26.4 Å². The Hall–Kier alpha value is -2.49. The number of nitrogens with zero attached hydrogens (tertiary/aromatic N) is 2. The average molecular weight is 296 g/mol. The molecule has 0 saturated carbocycles. The molecule has 2 aromatic rings. The molecule has 2 aromatic carbocycles. The molecule has 0 aliphatic carbocycles. The van der Waals surface area contributed by atoms with E-state index in [1.54, 1.807) is 19.1 Å². The van der Waals surface area contributed by atoms with E-state index in [0.29, 0.717) is 0 Å². The highest BCUT2D eigenvalue weighted by Gasteiger charge is 2.30. The highest BCUT2D eigenvalue weighted by atomic mass is 16.3. The van der Waals surface area contributed by atoms with Crippen molar-refractivity contribution in [1.29, 1.82) is 0 Å². The van der Waals surface area contributed by atoms with Crippen LogP contribution in [0.3, 0.4) is 0 Å². The quantitative estimate of drug-likeness (QED) is 0.926. The molecule has 114 valence electrons. The fourth-order valence-corrected chi connectivity index (χ4v) is 3.12. The number of carbonyl (C=O) groups is 1. The minimum absolute atomic E-state index is 0.0734. The first kappa shape index (κ1) is 14.4. The second kappa shape index (κ2) is 5.72. The molecule has 1 aliphatic heterocycles. The van der Waals surface area contributed by atoms with Crippen molar-refractivity contribution < 1.29 is 9.90 Å². The minimum atomic E-state index is 0.0734. The van der Waals surface area contributed by atoms with Crippen LogP contribution in [-0.4, -0.2) is 23.6 Å². The van der Waals surface area contributed by atoms with Crippen LogP contribution < -0.4 is 9.80 Å². The van der Waals surface area contributed by atoms with Crippen LogP contribution in [0.15, 0.2) is 48.5 Å². The highest BCUT2D eigenvalue weighted by molar-refractivity contribution is 5.97. The number of para-hydroxylation sites is 2. The van der Waals surface area contributed by atoms with Gasteiger partial charge >= 0.3 is 0 Å². The Morgan fingerprint density at radius 3 is 2.41 bits per heavy atom. The largest absolute Gasteiger partial charge is 0.508 e. The maximum absolute atomic E-state index is 12.0. The lowest BCUT2D eigenvalue weighted by Crippen LogP contribution is -2.49. The van der Waals surface area contributed by atoms with Crippen LogP contribution in [0.2, 0.25) is 0 Å². The number of carbonyl (C=O) groups excluding carboxylic acids is 1. The second-order valence-electron chi connectivity index (χ2n) is 5.77. The van der Waals surface area contributed by atoms with Crippen LogP contribution in [0.4, 0.5) is 11.4 Å². The number of aromatic hydroxyl groups is 1. The lowest BCUT2D eigenvalue weighted by Gasteiger charge is -2.41. The summed E-state index contributed by atoms with van der Waals surface area (Å²) >= 11 is 0. The summed E-state index contributed by atoms with van der Waals surface area (Å²) in [6, 6.07) is 15.4. The normalized spacial score (nSPS) is 17.3. The van der Waals surface area contributed by atoms with Crippen molar-refractivity contribution >= 4 is 17.3 Å². The SMILES string of the molecule is CC(=O)N1c2ccccc2N(Cc2ccc(O)cc2)CC1C. The molecular formula is C18H20N2O2. The van der Waals surface area contributed by atoms with Gasteiger partial charge in [-0.3, -0.25) is 4.79 Å². The van der Waals surface area contributed by atoms with E-state index in [1.165, 1.54) is 0 Å². The molecule has 0 aromatic heterocycles. The minimum Gasteiger partial charge on any atom is -0.508 e. The zero-order valence-electron chi connectivity index (χ0n) is 12.9. The van der Waals surface area contributed by atoms with E-state index in [0.717, 1.165) is 30.0 Å². The molecule has 1 amide bonds. The smallest absolute Gasteiger partial charge is 0.224 e. The molecule has 1 atom stereocenters. The molecular weight excluding hydrogens is 276 g/mol. The molecule has 1 heterocycles. The number of phenols is 1. The van der Waals surface area contributed by atoms with E-state index in [4.69, 9.17) is 0 Å². The number of hydrogen-bond acceptors (Lipinski definition) is 3. The van der Waals surface area contributed by atoms with Crippen LogP contribution in [0.5, 0.6) is 5.75 Å². The molecule has 0 spiro atoms. The Morgan fingerprint density at radius 2 is 1.77 bits per heavy atom. The third kappa shape index (κ3) is 2.64. The maximum Gasteiger partial charge on any atom is 0.224 e. The monoisotopic (exact) mass is 296 g/mol. The molecule has 4 nitrogen and oxygen atoms in total. The topological polar surface area (TPSA) is 43.8 Å². The highest BCUT2D eigenvalue weighted by Crippen LogP contribution is 2.36. The van der Waals surface area contributed by atoms with Crippen LogP contribution in [-0.2, 0) is 11.3 Å². The molecule has 1 N–H and O–H groups in total. The standard InChI is InChI=1S/C18H20N2O2/c1-13-11-19(12-15-7-9-16(22)10-8-15)17-5-3-4-6-18(17)20(13)14(2)21/h3-10,13,22H,11-12H2,1-2H3. The van der Waals surface area contributed by atoms with Crippen molar-refractivity contribution in [3.8, 4) is 5.75 Å². The molecule has 1 aliphatic rings. The van der Waals surface area contributed by atoms with Crippen LogP contribution in [0.1, 0.15) is 19.4 Å². The Morgan fingerprint density at radius 1 is 1.14 bits per heavy atom. The number of benzene rings is 2. The molecule has 1 unspecified atom stereocenters. The van der Waals surface area contributed by atoms with Gasteiger partial charge in [-0.15, -0.1) is 0 Å². The summed E-state index contributed by atoms with van der Waals surface area (Å²) in [5, 5.41) is 9.40. The summed E-state index contributed by atoms with van der Waals surface area (Å²) in [4.78, 5) is 16.1. The Bertz CT molecular complexity index is 682. The molecule has 0 radical (unpaired) electrons. The fraction of sp³-hybridized carbons (Fsp3) is 0.278. The van der Waals surface area contributed by atoms with Gasteiger partial charge in [0.2, 0.25) is 5.91 Å². The molecule has 0 fully saturated rings. The first-order valence-electron chi connectivity index (χ1n) is 7.48. The number of fused-ring (bicyclic) bond motifs is 1. The van der Waals surface area contributed by atoms with Crippen molar-refractivity contribution in [1.82, 2.24) is 0 Å². The maximum atomic E-state index is 12.0. The predicted molar refractivity (Wildman–Crippen MR) is 88.2 cm³/mol. The van der Waals surface area contributed by atoms with Gasteiger partial charge in [0.25, 0.3) is 0 Å². The molecule has 4 heteroatoms. The van der Waals surface area contributed by atoms with Gasteiger partial charge in [0.15, 0.2) is 0 Å². The van der Waals surface area contributed by atoms with Crippen molar-refractivity contribution in [2.24, 2.45) is 0 Å². The van der Waals surface area contributed by atoms with E-state index < -0.39 is 0 Å². The lowest BCUT2D eigenvalue weighted by molar-refractivity contribution is -0.117. The third-order valence-electron chi connectivity index (χ3n) is 4.06. The predicted octanol–water partition coefficient (Wildman–Crippen LogP) is 3.15. The van der Waals surface area contributed by atoms with E-state index in [2.05, 4.69) is 17.9 Å². The van der Waals surface area contributed by atoms with Gasteiger partial charge in [0.1, 0.15) is 5.75 Å². The van der Waals surface area contributed by atoms with Gasteiger partial charge in [-0.05, 0) is 36.8 Å². The summed E-state index contributed by atoms with van der Waals surface area (Å²) in [6.45, 7) is 5.23.